The van der Waals surface area contributed by atoms with Crippen LogP contribution in [0.25, 0.3) is 10.9 Å². The number of Topliss-reactive ketones (excluding diaryl/α,β-unsaturated/α-hetero) is 1. The molecule has 0 radical (unpaired) electrons. The zero-order valence-corrected chi connectivity index (χ0v) is 16.3. The summed E-state index contributed by atoms with van der Waals surface area (Å²) in [6, 6.07) is 2.17. The Morgan fingerprint density at radius 2 is 2.17 bits per heavy atom. The van der Waals surface area contributed by atoms with Crippen LogP contribution in [0.2, 0.25) is 0 Å². The van der Waals surface area contributed by atoms with Crippen molar-refractivity contribution in [1.82, 2.24) is 14.5 Å². The molecule has 6 heteroatoms. The quantitative estimate of drug-likeness (QED) is 0.442. The predicted octanol–water partition coefficient (Wildman–Crippen LogP) is 3.75. The molecular formula is C18H25BrN4O. The van der Waals surface area contributed by atoms with Gasteiger partial charge >= 0.3 is 0 Å². The van der Waals surface area contributed by atoms with Crippen molar-refractivity contribution in [2.75, 3.05) is 20.6 Å². The molecule has 2 aromatic heterocycles. The first-order valence-electron chi connectivity index (χ1n) is 8.13. The maximum absolute atomic E-state index is 13.2. The van der Waals surface area contributed by atoms with Gasteiger partial charge in [-0.15, -0.1) is 0 Å². The van der Waals surface area contributed by atoms with Crippen LogP contribution in [-0.2, 0) is 0 Å². The first kappa shape index (κ1) is 18.7. The van der Waals surface area contributed by atoms with Gasteiger partial charge in [0, 0.05) is 49.1 Å². The SMILES string of the molecule is CC(C)n1cc(C(=O)/C(=C/N(C)C)CCCN)c2cc(Br)ncc21. The van der Waals surface area contributed by atoms with Gasteiger partial charge in [0.05, 0.1) is 11.7 Å². The lowest BCUT2D eigenvalue weighted by molar-refractivity contribution is 0.103. The largest absolute Gasteiger partial charge is 0.383 e. The minimum atomic E-state index is 0.0552. The first-order valence-corrected chi connectivity index (χ1v) is 8.92. The van der Waals surface area contributed by atoms with Gasteiger partial charge < -0.3 is 15.2 Å². The van der Waals surface area contributed by atoms with Gasteiger partial charge in [-0.2, -0.15) is 0 Å². The van der Waals surface area contributed by atoms with Crippen molar-refractivity contribution >= 4 is 32.6 Å². The fourth-order valence-electron chi connectivity index (χ4n) is 2.74. The molecule has 0 atom stereocenters. The lowest BCUT2D eigenvalue weighted by atomic mass is 10.00. The third kappa shape index (κ3) is 4.05. The number of ketones is 1. The fourth-order valence-corrected chi connectivity index (χ4v) is 3.08. The van der Waals surface area contributed by atoms with E-state index in [1.165, 1.54) is 0 Å². The molecule has 0 aliphatic heterocycles. The Labute approximate surface area is 151 Å². The van der Waals surface area contributed by atoms with Crippen molar-refractivity contribution < 1.29 is 4.79 Å². The van der Waals surface area contributed by atoms with Gasteiger partial charge in [-0.05, 0) is 55.2 Å². The van der Waals surface area contributed by atoms with Gasteiger partial charge in [0.25, 0.3) is 0 Å². The highest BCUT2D eigenvalue weighted by atomic mass is 79.9. The van der Waals surface area contributed by atoms with Gasteiger partial charge in [-0.3, -0.25) is 4.79 Å². The minimum Gasteiger partial charge on any atom is -0.383 e. The van der Waals surface area contributed by atoms with Crippen molar-refractivity contribution in [1.29, 1.82) is 0 Å². The van der Waals surface area contributed by atoms with Crippen LogP contribution in [0.1, 0.15) is 43.1 Å². The smallest absolute Gasteiger partial charge is 0.192 e. The number of carbonyl (C=O) groups is 1. The maximum Gasteiger partial charge on any atom is 0.192 e. The van der Waals surface area contributed by atoms with Crippen molar-refractivity contribution in [2.45, 2.75) is 32.7 Å². The summed E-state index contributed by atoms with van der Waals surface area (Å²) in [6.45, 7) is 4.77. The molecule has 0 saturated heterocycles. The molecule has 0 unspecified atom stereocenters. The Morgan fingerprint density at radius 1 is 1.46 bits per heavy atom. The van der Waals surface area contributed by atoms with Gasteiger partial charge in [-0.25, -0.2) is 4.98 Å². The molecule has 2 rings (SSSR count). The van der Waals surface area contributed by atoms with E-state index in [-0.39, 0.29) is 11.8 Å². The standard InChI is InChI=1S/C18H25BrN4O/c1-12(2)23-11-15(14-8-17(19)21-9-16(14)23)18(24)13(6-5-7-20)10-22(3)4/h8-12H,5-7,20H2,1-4H3/b13-10+. The topological polar surface area (TPSA) is 64.2 Å². The molecule has 2 N–H and O–H groups in total. The summed E-state index contributed by atoms with van der Waals surface area (Å²) in [7, 11) is 3.85. The molecule has 0 amide bonds. The molecule has 0 spiro atoms. The van der Waals surface area contributed by atoms with Gasteiger partial charge in [-0.1, -0.05) is 0 Å². The van der Waals surface area contributed by atoms with Crippen LogP contribution >= 0.6 is 15.9 Å². The van der Waals surface area contributed by atoms with Crippen LogP contribution in [0.15, 0.2) is 34.8 Å². The van der Waals surface area contributed by atoms with Crippen LogP contribution in [0.3, 0.4) is 0 Å². The van der Waals surface area contributed by atoms with Gasteiger partial charge in [0.15, 0.2) is 5.78 Å². The molecular weight excluding hydrogens is 368 g/mol. The number of allylic oxidation sites excluding steroid dienone is 1. The van der Waals surface area contributed by atoms with Crippen LogP contribution in [0, 0.1) is 0 Å². The van der Waals surface area contributed by atoms with Crippen molar-refractivity contribution in [3.05, 3.63) is 40.4 Å². The van der Waals surface area contributed by atoms with E-state index in [0.717, 1.165) is 27.5 Å². The molecule has 24 heavy (non-hydrogen) atoms. The zero-order chi connectivity index (χ0) is 17.9. The number of nitrogens with two attached hydrogens (primary N) is 1. The number of pyridine rings is 1. The molecule has 2 heterocycles. The second-order valence-corrected chi connectivity index (χ2v) is 7.22. The Balaban J connectivity index is 2.56. The number of halogens is 1. The lowest BCUT2D eigenvalue weighted by Crippen LogP contribution is -2.11. The number of hydrogen-bond donors (Lipinski definition) is 1. The lowest BCUT2D eigenvalue weighted by Gasteiger charge is -2.11. The Hall–Kier alpha value is -1.66. The molecule has 0 saturated carbocycles. The molecule has 0 aliphatic rings. The van der Waals surface area contributed by atoms with E-state index in [0.29, 0.717) is 18.5 Å². The number of nitrogens with zero attached hydrogens (tertiary/aromatic N) is 3. The van der Waals surface area contributed by atoms with Crippen LogP contribution in [-0.4, -0.2) is 40.9 Å². The molecule has 130 valence electrons. The Morgan fingerprint density at radius 3 is 2.75 bits per heavy atom. The number of aromatic nitrogens is 2. The molecule has 5 nitrogen and oxygen atoms in total. The highest BCUT2D eigenvalue weighted by Crippen LogP contribution is 2.28. The summed E-state index contributed by atoms with van der Waals surface area (Å²) in [6.07, 6.45) is 7.11. The average Bonchev–Trinajstić information content (AvgIpc) is 2.89. The molecule has 0 fully saturated rings. The Bertz CT molecular complexity index is 762. The van der Waals surface area contributed by atoms with E-state index in [9.17, 15) is 4.79 Å². The van der Waals surface area contributed by atoms with E-state index in [1.54, 1.807) is 0 Å². The van der Waals surface area contributed by atoms with Crippen molar-refractivity contribution in [2.24, 2.45) is 5.73 Å². The van der Waals surface area contributed by atoms with E-state index in [2.05, 4.69) is 39.3 Å². The van der Waals surface area contributed by atoms with E-state index in [1.807, 2.05) is 43.7 Å². The maximum atomic E-state index is 13.2. The number of fused-ring (bicyclic) bond motifs is 1. The van der Waals surface area contributed by atoms with Crippen LogP contribution < -0.4 is 5.73 Å². The van der Waals surface area contributed by atoms with Crippen molar-refractivity contribution in [3.8, 4) is 0 Å². The summed E-state index contributed by atoms with van der Waals surface area (Å²) in [5.41, 5.74) is 8.10. The molecule has 2 aromatic rings. The van der Waals surface area contributed by atoms with E-state index < -0.39 is 0 Å². The number of hydrogen-bond acceptors (Lipinski definition) is 4. The molecule has 0 aliphatic carbocycles. The second kappa shape index (κ2) is 7.94. The van der Waals surface area contributed by atoms with Crippen LogP contribution in [0.5, 0.6) is 0 Å². The van der Waals surface area contributed by atoms with Gasteiger partial charge in [0.2, 0.25) is 0 Å². The van der Waals surface area contributed by atoms with Crippen LogP contribution in [0.4, 0.5) is 0 Å². The summed E-state index contributed by atoms with van der Waals surface area (Å²) >= 11 is 3.41. The highest BCUT2D eigenvalue weighted by molar-refractivity contribution is 9.10. The predicted molar refractivity (Wildman–Crippen MR) is 102 cm³/mol. The summed E-state index contributed by atoms with van der Waals surface area (Å²) in [4.78, 5) is 19.4. The molecule has 0 aromatic carbocycles. The van der Waals surface area contributed by atoms with E-state index in [4.69, 9.17) is 5.73 Å². The molecule has 0 bridgehead atoms. The van der Waals surface area contributed by atoms with Gasteiger partial charge in [0.1, 0.15) is 4.60 Å². The third-order valence-corrected chi connectivity index (χ3v) is 4.28. The zero-order valence-electron chi connectivity index (χ0n) is 14.7. The normalized spacial score (nSPS) is 12.2. The summed E-state index contributed by atoms with van der Waals surface area (Å²) < 4.78 is 2.82. The number of carbonyl (C=O) groups excluding carboxylic acids is 1. The summed E-state index contributed by atoms with van der Waals surface area (Å²) in [5, 5.41) is 0.924. The second-order valence-electron chi connectivity index (χ2n) is 6.41. The number of rotatable bonds is 7. The third-order valence-electron chi connectivity index (χ3n) is 3.84. The van der Waals surface area contributed by atoms with Crippen molar-refractivity contribution in [3.63, 3.8) is 0 Å². The summed E-state index contributed by atoms with van der Waals surface area (Å²) in [5.74, 6) is 0.0552. The highest BCUT2D eigenvalue weighted by Gasteiger charge is 2.20. The monoisotopic (exact) mass is 392 g/mol. The fraction of sp³-hybridized carbons (Fsp3) is 0.444. The first-order chi connectivity index (χ1) is 11.3. The minimum absolute atomic E-state index is 0.0552. The average molecular weight is 393 g/mol. The Kier molecular flexibility index (Phi) is 6.18. The van der Waals surface area contributed by atoms with E-state index >= 15 is 0 Å².